The largest absolute Gasteiger partial charge is 0.504 e. The van der Waals surface area contributed by atoms with E-state index in [0.717, 1.165) is 6.42 Å². The van der Waals surface area contributed by atoms with Crippen LogP contribution in [0.2, 0.25) is 0 Å². The molecular weight excluding hydrogens is 196 g/mol. The van der Waals surface area contributed by atoms with Crippen LogP contribution in [0, 0.1) is 0 Å². The molecule has 2 unspecified atom stereocenters. The first kappa shape index (κ1) is 9.79. The molecule has 2 atom stereocenters. The van der Waals surface area contributed by atoms with Gasteiger partial charge in [-0.25, -0.2) is 0 Å². The van der Waals surface area contributed by atoms with E-state index in [-0.39, 0.29) is 29.5 Å². The predicted molar refractivity (Wildman–Crippen MR) is 53.6 cm³/mol. The lowest BCUT2D eigenvalue weighted by molar-refractivity contribution is 0.0950. The van der Waals surface area contributed by atoms with E-state index in [2.05, 4.69) is 5.32 Å². The molecule has 15 heavy (non-hydrogen) atoms. The summed E-state index contributed by atoms with van der Waals surface area (Å²) in [4.78, 5) is 11.5. The Morgan fingerprint density at radius 2 is 2.07 bits per heavy atom. The minimum atomic E-state index is -0.303. The summed E-state index contributed by atoms with van der Waals surface area (Å²) >= 11 is 0. The van der Waals surface area contributed by atoms with E-state index in [1.807, 2.05) is 0 Å². The molecule has 1 aromatic rings. The molecule has 5 heteroatoms. The Labute approximate surface area is 86.5 Å². The standard InChI is InChI=1S/C10H12N2O3/c11-6-4-7(6)12-10(15)5-1-2-8(13)9(14)3-5/h1-3,6-7,13-14H,4,11H2,(H,12,15). The second-order valence-electron chi connectivity index (χ2n) is 3.68. The monoisotopic (exact) mass is 208 g/mol. The highest BCUT2D eigenvalue weighted by atomic mass is 16.3. The van der Waals surface area contributed by atoms with Crippen molar-refractivity contribution in [1.82, 2.24) is 5.32 Å². The molecule has 0 saturated heterocycles. The predicted octanol–water partition coefficient (Wildman–Crippen LogP) is -0.0728. The number of amides is 1. The van der Waals surface area contributed by atoms with E-state index < -0.39 is 0 Å². The summed E-state index contributed by atoms with van der Waals surface area (Å²) in [5, 5.41) is 21.0. The molecule has 80 valence electrons. The molecule has 5 nitrogen and oxygen atoms in total. The van der Waals surface area contributed by atoms with Gasteiger partial charge < -0.3 is 21.3 Å². The fraction of sp³-hybridized carbons (Fsp3) is 0.300. The molecule has 2 rings (SSSR count). The first-order valence-electron chi connectivity index (χ1n) is 4.66. The molecule has 1 amide bonds. The lowest BCUT2D eigenvalue weighted by Crippen LogP contribution is -2.29. The first-order chi connectivity index (χ1) is 7.08. The molecule has 1 fully saturated rings. The van der Waals surface area contributed by atoms with Gasteiger partial charge in [-0.15, -0.1) is 0 Å². The maximum atomic E-state index is 11.5. The third kappa shape index (κ3) is 2.02. The maximum Gasteiger partial charge on any atom is 0.251 e. The van der Waals surface area contributed by atoms with Crippen molar-refractivity contribution in [2.75, 3.05) is 0 Å². The Kier molecular flexibility index (Phi) is 2.24. The van der Waals surface area contributed by atoms with E-state index in [1.165, 1.54) is 18.2 Å². The lowest BCUT2D eigenvalue weighted by atomic mass is 10.2. The third-order valence-electron chi connectivity index (χ3n) is 2.39. The number of nitrogens with two attached hydrogens (primary N) is 1. The highest BCUT2D eigenvalue weighted by Crippen LogP contribution is 2.25. The summed E-state index contributed by atoms with van der Waals surface area (Å²) in [6, 6.07) is 4.02. The van der Waals surface area contributed by atoms with Crippen molar-refractivity contribution in [3.8, 4) is 11.5 Å². The lowest BCUT2D eigenvalue weighted by Gasteiger charge is -2.04. The zero-order valence-corrected chi connectivity index (χ0v) is 7.97. The number of aromatic hydroxyl groups is 2. The second kappa shape index (κ2) is 3.43. The summed E-state index contributed by atoms with van der Waals surface area (Å²) in [5.41, 5.74) is 5.85. The smallest absolute Gasteiger partial charge is 0.251 e. The van der Waals surface area contributed by atoms with Gasteiger partial charge >= 0.3 is 0 Å². The van der Waals surface area contributed by atoms with Crippen molar-refractivity contribution in [1.29, 1.82) is 0 Å². The third-order valence-corrected chi connectivity index (χ3v) is 2.39. The van der Waals surface area contributed by atoms with Crippen LogP contribution in [0.3, 0.4) is 0 Å². The molecule has 0 bridgehead atoms. The molecule has 0 aromatic heterocycles. The van der Waals surface area contributed by atoms with Crippen LogP contribution >= 0.6 is 0 Å². The van der Waals surface area contributed by atoms with Gasteiger partial charge in [0, 0.05) is 17.6 Å². The number of carbonyl (C=O) groups excluding carboxylic acids is 1. The van der Waals surface area contributed by atoms with Gasteiger partial charge in [-0.3, -0.25) is 4.79 Å². The maximum absolute atomic E-state index is 11.5. The minimum Gasteiger partial charge on any atom is -0.504 e. The molecular formula is C10H12N2O3. The molecule has 0 heterocycles. The van der Waals surface area contributed by atoms with Crippen LogP contribution < -0.4 is 11.1 Å². The topological polar surface area (TPSA) is 95.6 Å². The van der Waals surface area contributed by atoms with Gasteiger partial charge in [0.25, 0.3) is 5.91 Å². The number of hydrogen-bond acceptors (Lipinski definition) is 4. The second-order valence-corrected chi connectivity index (χ2v) is 3.68. The number of phenols is 2. The SMILES string of the molecule is NC1CC1NC(=O)c1ccc(O)c(O)c1. The summed E-state index contributed by atoms with van der Waals surface area (Å²) in [5.74, 6) is -0.833. The molecule has 1 aliphatic rings. The van der Waals surface area contributed by atoms with Gasteiger partial charge in [0.15, 0.2) is 11.5 Å². The normalized spacial score (nSPS) is 23.5. The zero-order valence-electron chi connectivity index (χ0n) is 7.97. The van der Waals surface area contributed by atoms with Crippen molar-refractivity contribution in [2.45, 2.75) is 18.5 Å². The average molecular weight is 208 g/mol. The van der Waals surface area contributed by atoms with Gasteiger partial charge in [0.2, 0.25) is 0 Å². The Hall–Kier alpha value is -1.75. The zero-order chi connectivity index (χ0) is 11.0. The number of carbonyl (C=O) groups is 1. The van der Waals surface area contributed by atoms with E-state index in [1.54, 1.807) is 0 Å². The fourth-order valence-electron chi connectivity index (χ4n) is 1.30. The molecule has 1 aromatic carbocycles. The van der Waals surface area contributed by atoms with Gasteiger partial charge in [-0.05, 0) is 24.6 Å². The van der Waals surface area contributed by atoms with Crippen molar-refractivity contribution >= 4 is 5.91 Å². The molecule has 0 aliphatic heterocycles. The van der Waals surface area contributed by atoms with Crippen LogP contribution in [0.25, 0.3) is 0 Å². The Morgan fingerprint density at radius 3 is 2.60 bits per heavy atom. The Bertz CT molecular complexity index is 406. The number of benzene rings is 1. The Morgan fingerprint density at radius 1 is 1.40 bits per heavy atom. The summed E-state index contributed by atoms with van der Waals surface area (Å²) in [6.07, 6.45) is 0.788. The summed E-state index contributed by atoms with van der Waals surface area (Å²) in [6.45, 7) is 0. The highest BCUT2D eigenvalue weighted by molar-refractivity contribution is 5.95. The number of hydrogen-bond donors (Lipinski definition) is 4. The van der Waals surface area contributed by atoms with Crippen LogP contribution in [0.15, 0.2) is 18.2 Å². The van der Waals surface area contributed by atoms with E-state index in [4.69, 9.17) is 10.8 Å². The van der Waals surface area contributed by atoms with Crippen LogP contribution in [0.4, 0.5) is 0 Å². The quantitative estimate of drug-likeness (QED) is 0.511. The first-order valence-corrected chi connectivity index (χ1v) is 4.66. The molecule has 0 spiro atoms. The molecule has 5 N–H and O–H groups in total. The molecule has 0 radical (unpaired) electrons. The Balaban J connectivity index is 2.08. The van der Waals surface area contributed by atoms with Gasteiger partial charge in [-0.1, -0.05) is 0 Å². The van der Waals surface area contributed by atoms with Crippen molar-refractivity contribution in [2.24, 2.45) is 5.73 Å². The molecule has 1 saturated carbocycles. The number of nitrogens with one attached hydrogen (secondary N) is 1. The summed E-state index contributed by atoms with van der Waals surface area (Å²) in [7, 11) is 0. The van der Waals surface area contributed by atoms with Crippen LogP contribution in [-0.4, -0.2) is 28.2 Å². The van der Waals surface area contributed by atoms with Crippen LogP contribution in [0.1, 0.15) is 16.8 Å². The number of phenolic OH excluding ortho intramolecular Hbond substituents is 2. The van der Waals surface area contributed by atoms with Gasteiger partial charge in [0.1, 0.15) is 0 Å². The van der Waals surface area contributed by atoms with Crippen molar-refractivity contribution in [3.63, 3.8) is 0 Å². The molecule has 1 aliphatic carbocycles. The highest BCUT2D eigenvalue weighted by Gasteiger charge is 2.34. The van der Waals surface area contributed by atoms with E-state index in [9.17, 15) is 9.90 Å². The van der Waals surface area contributed by atoms with Crippen molar-refractivity contribution in [3.05, 3.63) is 23.8 Å². The van der Waals surface area contributed by atoms with E-state index >= 15 is 0 Å². The number of rotatable bonds is 2. The van der Waals surface area contributed by atoms with Gasteiger partial charge in [-0.2, -0.15) is 0 Å². The van der Waals surface area contributed by atoms with Crippen molar-refractivity contribution < 1.29 is 15.0 Å². The van der Waals surface area contributed by atoms with Gasteiger partial charge in [0.05, 0.1) is 0 Å². The minimum absolute atomic E-state index is 0.0356. The fourth-order valence-corrected chi connectivity index (χ4v) is 1.30. The average Bonchev–Trinajstić information content (AvgIpc) is 2.86. The van der Waals surface area contributed by atoms with Crippen LogP contribution in [0.5, 0.6) is 11.5 Å². The van der Waals surface area contributed by atoms with E-state index in [0.29, 0.717) is 5.56 Å². The van der Waals surface area contributed by atoms with Crippen LogP contribution in [-0.2, 0) is 0 Å². The summed E-state index contributed by atoms with van der Waals surface area (Å²) < 4.78 is 0.